The zero-order valence-electron chi connectivity index (χ0n) is 15.7. The highest BCUT2D eigenvalue weighted by Gasteiger charge is 2.21. The molecule has 1 amide bonds. The van der Waals surface area contributed by atoms with Crippen LogP contribution in [0.5, 0.6) is 0 Å². The van der Waals surface area contributed by atoms with Crippen LogP contribution in [0.15, 0.2) is 35.5 Å². The van der Waals surface area contributed by atoms with Crippen molar-refractivity contribution in [2.24, 2.45) is 0 Å². The Morgan fingerprint density at radius 3 is 2.96 bits per heavy atom. The highest BCUT2D eigenvalue weighted by Crippen LogP contribution is 2.17. The van der Waals surface area contributed by atoms with Gasteiger partial charge in [0.05, 0.1) is 24.5 Å². The van der Waals surface area contributed by atoms with Crippen LogP contribution in [-0.2, 0) is 16.1 Å². The molecule has 2 aromatic rings. The summed E-state index contributed by atoms with van der Waals surface area (Å²) in [5, 5.41) is 15.2. The summed E-state index contributed by atoms with van der Waals surface area (Å²) >= 11 is 1.34. The van der Waals surface area contributed by atoms with Crippen LogP contribution in [0.3, 0.4) is 0 Å². The van der Waals surface area contributed by atoms with Crippen LogP contribution in [0, 0.1) is 0 Å². The maximum absolute atomic E-state index is 12.2. The number of morpholine rings is 1. The molecule has 9 heteroatoms. The third kappa shape index (κ3) is 6.02. The van der Waals surface area contributed by atoms with Crippen LogP contribution in [0.1, 0.15) is 25.5 Å². The summed E-state index contributed by atoms with van der Waals surface area (Å²) < 4.78 is 7.51. The summed E-state index contributed by atoms with van der Waals surface area (Å²) in [6.07, 6.45) is 0.0115. The molecule has 0 saturated carbocycles. The molecule has 146 valence electrons. The SMILES string of the molecule is CC(C)n1nnnc1SCC(=O)NCC1CN(Cc2ccccc2)CCO1. The number of nitrogens with zero attached hydrogens (tertiary/aromatic N) is 5. The molecule has 1 atom stereocenters. The summed E-state index contributed by atoms with van der Waals surface area (Å²) in [4.78, 5) is 14.5. The Kier molecular flexibility index (Phi) is 7.19. The molecule has 3 rings (SSSR count). The van der Waals surface area contributed by atoms with Crippen molar-refractivity contribution in [2.45, 2.75) is 37.7 Å². The third-order valence-electron chi connectivity index (χ3n) is 4.28. The van der Waals surface area contributed by atoms with Gasteiger partial charge in [0.25, 0.3) is 0 Å². The fourth-order valence-electron chi connectivity index (χ4n) is 2.90. The van der Waals surface area contributed by atoms with Crippen molar-refractivity contribution in [3.63, 3.8) is 0 Å². The quantitative estimate of drug-likeness (QED) is 0.681. The van der Waals surface area contributed by atoms with E-state index in [0.717, 1.165) is 19.6 Å². The number of nitrogens with one attached hydrogen (secondary N) is 1. The number of tetrazole rings is 1. The van der Waals surface area contributed by atoms with E-state index in [-0.39, 0.29) is 23.8 Å². The summed E-state index contributed by atoms with van der Waals surface area (Å²) in [5.41, 5.74) is 1.29. The molecule has 1 saturated heterocycles. The van der Waals surface area contributed by atoms with Gasteiger partial charge in [0.1, 0.15) is 0 Å². The minimum atomic E-state index is -0.0397. The normalized spacial score (nSPS) is 18.0. The molecule has 1 aromatic carbocycles. The molecule has 0 spiro atoms. The molecule has 1 unspecified atom stereocenters. The van der Waals surface area contributed by atoms with E-state index >= 15 is 0 Å². The fraction of sp³-hybridized carbons (Fsp3) is 0.556. The Labute approximate surface area is 163 Å². The number of rotatable bonds is 8. The van der Waals surface area contributed by atoms with E-state index < -0.39 is 0 Å². The van der Waals surface area contributed by atoms with E-state index in [1.54, 1.807) is 4.68 Å². The summed E-state index contributed by atoms with van der Waals surface area (Å²) in [6.45, 7) is 7.83. The molecule has 2 heterocycles. The Morgan fingerprint density at radius 2 is 2.19 bits per heavy atom. The topological polar surface area (TPSA) is 85.2 Å². The lowest BCUT2D eigenvalue weighted by molar-refractivity contribution is -0.119. The first-order valence-electron chi connectivity index (χ1n) is 9.17. The number of benzene rings is 1. The van der Waals surface area contributed by atoms with Crippen LogP contribution < -0.4 is 5.32 Å². The van der Waals surface area contributed by atoms with Crippen LogP contribution in [0.25, 0.3) is 0 Å². The number of hydrogen-bond acceptors (Lipinski definition) is 7. The van der Waals surface area contributed by atoms with Gasteiger partial charge < -0.3 is 10.1 Å². The lowest BCUT2D eigenvalue weighted by Gasteiger charge is -2.33. The van der Waals surface area contributed by atoms with Crippen molar-refractivity contribution in [3.05, 3.63) is 35.9 Å². The summed E-state index contributed by atoms with van der Waals surface area (Å²) in [5.74, 6) is 0.246. The molecule has 1 aliphatic heterocycles. The summed E-state index contributed by atoms with van der Waals surface area (Å²) in [7, 11) is 0. The highest BCUT2D eigenvalue weighted by molar-refractivity contribution is 7.99. The number of amides is 1. The zero-order chi connectivity index (χ0) is 19.1. The second-order valence-electron chi connectivity index (χ2n) is 6.81. The highest BCUT2D eigenvalue weighted by atomic mass is 32.2. The van der Waals surface area contributed by atoms with E-state index in [4.69, 9.17) is 4.74 Å². The lowest BCUT2D eigenvalue weighted by atomic mass is 10.2. The van der Waals surface area contributed by atoms with E-state index in [0.29, 0.717) is 18.3 Å². The largest absolute Gasteiger partial charge is 0.374 e. The molecule has 0 radical (unpaired) electrons. The van der Waals surface area contributed by atoms with E-state index in [1.807, 2.05) is 19.9 Å². The fourth-order valence-corrected chi connectivity index (χ4v) is 3.74. The maximum atomic E-state index is 12.2. The first kappa shape index (κ1) is 19.8. The first-order valence-corrected chi connectivity index (χ1v) is 10.2. The second kappa shape index (κ2) is 9.82. The number of thioether (sulfide) groups is 1. The minimum Gasteiger partial charge on any atom is -0.374 e. The monoisotopic (exact) mass is 390 g/mol. The van der Waals surface area contributed by atoms with Crippen LogP contribution in [0.4, 0.5) is 0 Å². The van der Waals surface area contributed by atoms with Crippen molar-refractivity contribution in [1.29, 1.82) is 0 Å². The van der Waals surface area contributed by atoms with Gasteiger partial charge in [0.2, 0.25) is 11.1 Å². The number of aromatic nitrogens is 4. The Bertz CT molecular complexity index is 724. The second-order valence-corrected chi connectivity index (χ2v) is 7.75. The van der Waals surface area contributed by atoms with Crippen molar-refractivity contribution >= 4 is 17.7 Å². The summed E-state index contributed by atoms with van der Waals surface area (Å²) in [6, 6.07) is 10.6. The molecule has 0 bridgehead atoms. The van der Waals surface area contributed by atoms with Crippen LogP contribution >= 0.6 is 11.8 Å². The van der Waals surface area contributed by atoms with Crippen molar-refractivity contribution in [2.75, 3.05) is 32.0 Å². The Balaban J connectivity index is 1.40. The minimum absolute atomic E-state index is 0.0115. The average molecular weight is 391 g/mol. The van der Waals surface area contributed by atoms with E-state index in [2.05, 4.69) is 50.0 Å². The molecule has 1 aliphatic rings. The Hall–Kier alpha value is -1.97. The van der Waals surface area contributed by atoms with Crippen molar-refractivity contribution in [1.82, 2.24) is 30.4 Å². The van der Waals surface area contributed by atoms with Gasteiger partial charge >= 0.3 is 0 Å². The predicted molar refractivity (Wildman–Crippen MR) is 103 cm³/mol. The molecule has 8 nitrogen and oxygen atoms in total. The molecular formula is C18H26N6O2S. The third-order valence-corrected chi connectivity index (χ3v) is 5.22. The van der Waals surface area contributed by atoms with E-state index in [1.165, 1.54) is 17.3 Å². The number of carbonyl (C=O) groups is 1. The molecular weight excluding hydrogens is 364 g/mol. The van der Waals surface area contributed by atoms with Gasteiger partial charge in [-0.15, -0.1) is 5.10 Å². The van der Waals surface area contributed by atoms with Gasteiger partial charge in [-0.3, -0.25) is 9.69 Å². The average Bonchev–Trinajstić information content (AvgIpc) is 3.15. The number of ether oxygens (including phenoxy) is 1. The first-order chi connectivity index (χ1) is 13.1. The van der Waals surface area contributed by atoms with Crippen LogP contribution in [0.2, 0.25) is 0 Å². The van der Waals surface area contributed by atoms with Gasteiger partial charge in [-0.1, -0.05) is 42.1 Å². The van der Waals surface area contributed by atoms with Gasteiger partial charge in [0.15, 0.2) is 0 Å². The van der Waals surface area contributed by atoms with Gasteiger partial charge in [-0.05, 0) is 29.8 Å². The number of carbonyl (C=O) groups excluding carboxylic acids is 1. The van der Waals surface area contributed by atoms with E-state index in [9.17, 15) is 4.79 Å². The lowest BCUT2D eigenvalue weighted by Crippen LogP contribution is -2.47. The van der Waals surface area contributed by atoms with Crippen molar-refractivity contribution < 1.29 is 9.53 Å². The van der Waals surface area contributed by atoms with Gasteiger partial charge in [-0.2, -0.15) is 0 Å². The molecule has 1 fully saturated rings. The predicted octanol–water partition coefficient (Wildman–Crippen LogP) is 1.36. The van der Waals surface area contributed by atoms with Gasteiger partial charge in [-0.25, -0.2) is 4.68 Å². The molecule has 0 aliphatic carbocycles. The Morgan fingerprint density at radius 1 is 1.37 bits per heavy atom. The smallest absolute Gasteiger partial charge is 0.230 e. The van der Waals surface area contributed by atoms with Crippen molar-refractivity contribution in [3.8, 4) is 0 Å². The molecule has 1 aromatic heterocycles. The van der Waals surface area contributed by atoms with Crippen LogP contribution in [-0.4, -0.2) is 69.1 Å². The zero-order valence-corrected chi connectivity index (χ0v) is 16.6. The molecule has 1 N–H and O–H groups in total. The maximum Gasteiger partial charge on any atom is 0.230 e. The number of hydrogen-bond donors (Lipinski definition) is 1. The van der Waals surface area contributed by atoms with Gasteiger partial charge in [0, 0.05) is 26.2 Å². The standard InChI is InChI=1S/C18H26N6O2S/c1-14(2)24-18(20-21-22-24)27-13-17(25)19-10-16-12-23(8-9-26-16)11-15-6-4-3-5-7-15/h3-7,14,16H,8-13H2,1-2H3,(H,19,25). The molecule has 27 heavy (non-hydrogen) atoms.